The van der Waals surface area contributed by atoms with Crippen molar-refractivity contribution in [3.8, 4) is 0 Å². The molecule has 6 nitrogen and oxygen atoms in total. The van der Waals surface area contributed by atoms with Crippen LogP contribution >= 0.6 is 0 Å². The molecule has 7 heteroatoms. The van der Waals surface area contributed by atoms with E-state index < -0.39 is 16.0 Å². The third kappa shape index (κ3) is 5.25. The van der Waals surface area contributed by atoms with E-state index in [1.54, 1.807) is 0 Å². The number of aliphatic carboxylic acids is 1. The Morgan fingerprint density at radius 1 is 1.28 bits per heavy atom. The molecule has 1 aromatic rings. The summed E-state index contributed by atoms with van der Waals surface area (Å²) in [6.45, 7) is 8.03. The summed E-state index contributed by atoms with van der Waals surface area (Å²) in [6.07, 6.45) is 3.40. The molecular formula is C22H32N2O4S. The molecule has 0 aliphatic carbocycles. The number of rotatable bonds is 5. The number of carboxylic acids is 1. The Kier molecular flexibility index (Phi) is 6.20. The minimum Gasteiger partial charge on any atom is -0.481 e. The predicted octanol–water partition coefficient (Wildman–Crippen LogP) is 3.09. The Morgan fingerprint density at radius 3 is 2.62 bits per heavy atom. The smallest absolute Gasteiger partial charge is 0.303 e. The number of carboxylic acid groups (broad SMARTS) is 1. The fraction of sp³-hybridized carbons (Fsp3) is 0.636. The fourth-order valence-electron chi connectivity index (χ4n) is 4.42. The first-order chi connectivity index (χ1) is 13.4. The standard InChI is InChI=1S/C22H32N2O4S/c1-22(2,3)18-6-5-15-7-9-23-20(19(15)13-18)11-17-14-24(29(4,27)28)10-8-16(17)12-21(25)26/h5-6,13,16-17H,7-12,14H2,1-4H3,(H,25,26). The van der Waals surface area contributed by atoms with Crippen LogP contribution in [0, 0.1) is 11.8 Å². The van der Waals surface area contributed by atoms with Gasteiger partial charge in [-0.05, 0) is 59.3 Å². The lowest BCUT2D eigenvalue weighted by molar-refractivity contribution is -0.138. The lowest BCUT2D eigenvalue weighted by atomic mass is 9.78. The van der Waals surface area contributed by atoms with Crippen LogP contribution in [0.3, 0.4) is 0 Å². The maximum absolute atomic E-state index is 12.1. The monoisotopic (exact) mass is 420 g/mol. The predicted molar refractivity (Wildman–Crippen MR) is 115 cm³/mol. The van der Waals surface area contributed by atoms with Gasteiger partial charge in [-0.15, -0.1) is 0 Å². The van der Waals surface area contributed by atoms with Crippen LogP contribution < -0.4 is 0 Å². The molecule has 2 atom stereocenters. The molecular weight excluding hydrogens is 388 g/mol. The summed E-state index contributed by atoms with van der Waals surface area (Å²) in [5.74, 6) is -0.907. The van der Waals surface area contributed by atoms with E-state index in [9.17, 15) is 18.3 Å². The highest BCUT2D eigenvalue weighted by molar-refractivity contribution is 7.88. The van der Waals surface area contributed by atoms with Gasteiger partial charge in [-0.25, -0.2) is 12.7 Å². The van der Waals surface area contributed by atoms with Crippen LogP contribution in [0.25, 0.3) is 0 Å². The van der Waals surface area contributed by atoms with E-state index in [4.69, 9.17) is 4.99 Å². The normalized spacial score (nSPS) is 23.4. The molecule has 0 radical (unpaired) electrons. The zero-order valence-electron chi connectivity index (χ0n) is 17.8. The lowest BCUT2D eigenvalue weighted by Crippen LogP contribution is -2.44. The number of nitrogens with zero attached hydrogens (tertiary/aromatic N) is 2. The van der Waals surface area contributed by atoms with Crippen molar-refractivity contribution in [2.24, 2.45) is 16.8 Å². The molecule has 0 aromatic heterocycles. The molecule has 160 valence electrons. The zero-order valence-corrected chi connectivity index (χ0v) is 18.6. The molecule has 29 heavy (non-hydrogen) atoms. The molecule has 0 bridgehead atoms. The van der Waals surface area contributed by atoms with Gasteiger partial charge < -0.3 is 5.11 Å². The van der Waals surface area contributed by atoms with Crippen molar-refractivity contribution >= 4 is 21.7 Å². The lowest BCUT2D eigenvalue weighted by Gasteiger charge is -2.37. The van der Waals surface area contributed by atoms with Crippen LogP contribution in [0.5, 0.6) is 0 Å². The molecule has 2 aliphatic rings. The van der Waals surface area contributed by atoms with Crippen LogP contribution in [0.15, 0.2) is 23.2 Å². The second-order valence-electron chi connectivity index (χ2n) is 9.43. The minimum absolute atomic E-state index is 0.0291. The summed E-state index contributed by atoms with van der Waals surface area (Å²) in [7, 11) is -3.29. The maximum Gasteiger partial charge on any atom is 0.303 e. The van der Waals surface area contributed by atoms with Gasteiger partial charge in [0.05, 0.1) is 6.26 Å². The van der Waals surface area contributed by atoms with E-state index in [2.05, 4.69) is 39.0 Å². The number of sulfonamides is 1. The van der Waals surface area contributed by atoms with E-state index in [0.717, 1.165) is 24.2 Å². The minimum atomic E-state index is -3.29. The first-order valence-corrected chi connectivity index (χ1v) is 12.1. The average Bonchev–Trinajstić information content (AvgIpc) is 2.61. The van der Waals surface area contributed by atoms with E-state index in [1.165, 1.54) is 21.7 Å². The van der Waals surface area contributed by atoms with E-state index >= 15 is 0 Å². The summed E-state index contributed by atoms with van der Waals surface area (Å²) in [6, 6.07) is 6.58. The van der Waals surface area contributed by atoms with Crippen LogP contribution in [0.4, 0.5) is 0 Å². The van der Waals surface area contributed by atoms with Crippen LogP contribution in [0.2, 0.25) is 0 Å². The van der Waals surface area contributed by atoms with Gasteiger partial charge in [0.25, 0.3) is 0 Å². The maximum atomic E-state index is 12.1. The van der Waals surface area contributed by atoms with Crippen molar-refractivity contribution in [1.82, 2.24) is 4.31 Å². The van der Waals surface area contributed by atoms with E-state index in [-0.39, 0.29) is 23.7 Å². The molecule has 0 spiro atoms. The SMILES string of the molecule is CC(C)(C)c1ccc2c(c1)C(CC1CN(S(C)(=O)=O)CCC1CC(=O)O)=NCC2. The number of hydrogen-bond donors (Lipinski definition) is 1. The Balaban J connectivity index is 1.89. The molecule has 1 N–H and O–H groups in total. The summed E-state index contributed by atoms with van der Waals surface area (Å²) < 4.78 is 25.7. The Labute approximate surface area is 174 Å². The first-order valence-electron chi connectivity index (χ1n) is 10.3. The molecule has 2 aliphatic heterocycles. The van der Waals surface area contributed by atoms with Gasteiger partial charge in [0.2, 0.25) is 10.0 Å². The van der Waals surface area contributed by atoms with Crippen LogP contribution in [0.1, 0.15) is 56.7 Å². The largest absolute Gasteiger partial charge is 0.481 e. The number of aliphatic imine (C=N–C) groups is 1. The van der Waals surface area contributed by atoms with Crippen molar-refractivity contribution in [2.75, 3.05) is 25.9 Å². The number of carbonyl (C=O) groups is 1. The topological polar surface area (TPSA) is 87.0 Å². The molecule has 1 saturated heterocycles. The fourth-order valence-corrected chi connectivity index (χ4v) is 5.32. The summed E-state index contributed by atoms with van der Waals surface area (Å²) in [5, 5.41) is 9.34. The third-order valence-electron chi connectivity index (χ3n) is 6.19. The molecule has 1 fully saturated rings. The van der Waals surface area contributed by atoms with Gasteiger partial charge >= 0.3 is 5.97 Å². The summed E-state index contributed by atoms with van der Waals surface area (Å²) in [4.78, 5) is 16.2. The van der Waals surface area contributed by atoms with Crippen LogP contribution in [-0.4, -0.2) is 55.4 Å². The Morgan fingerprint density at radius 2 is 2.00 bits per heavy atom. The number of benzene rings is 1. The van der Waals surface area contributed by atoms with E-state index in [1.807, 2.05) is 0 Å². The van der Waals surface area contributed by atoms with Gasteiger partial charge in [0, 0.05) is 31.8 Å². The number of hydrogen-bond acceptors (Lipinski definition) is 4. The second-order valence-corrected chi connectivity index (χ2v) is 11.4. The van der Waals surface area contributed by atoms with Crippen molar-refractivity contribution in [2.45, 2.75) is 51.9 Å². The summed E-state index contributed by atoms with van der Waals surface area (Å²) in [5.41, 5.74) is 4.69. The van der Waals surface area contributed by atoms with Crippen molar-refractivity contribution in [1.29, 1.82) is 0 Å². The highest BCUT2D eigenvalue weighted by Crippen LogP contribution is 2.34. The first kappa shape index (κ1) is 22.0. The molecule has 0 saturated carbocycles. The number of piperidine rings is 1. The second kappa shape index (κ2) is 8.19. The molecule has 1 aromatic carbocycles. The van der Waals surface area contributed by atoms with E-state index in [0.29, 0.717) is 25.9 Å². The van der Waals surface area contributed by atoms with Gasteiger partial charge in [0.1, 0.15) is 0 Å². The van der Waals surface area contributed by atoms with Crippen molar-refractivity contribution in [3.63, 3.8) is 0 Å². The van der Waals surface area contributed by atoms with Gasteiger partial charge in [-0.3, -0.25) is 9.79 Å². The molecule has 0 amide bonds. The average molecular weight is 421 g/mol. The molecule has 2 unspecified atom stereocenters. The Bertz CT molecular complexity index is 915. The zero-order chi connectivity index (χ0) is 21.4. The van der Waals surface area contributed by atoms with Gasteiger partial charge in [-0.1, -0.05) is 32.9 Å². The third-order valence-corrected chi connectivity index (χ3v) is 7.46. The highest BCUT2D eigenvalue weighted by Gasteiger charge is 2.35. The Hall–Kier alpha value is -1.73. The number of fused-ring (bicyclic) bond motifs is 1. The molecule has 3 rings (SSSR count). The van der Waals surface area contributed by atoms with Crippen LogP contribution in [-0.2, 0) is 26.7 Å². The molecule has 2 heterocycles. The van der Waals surface area contributed by atoms with Gasteiger partial charge in [-0.2, -0.15) is 0 Å². The highest BCUT2D eigenvalue weighted by atomic mass is 32.2. The van der Waals surface area contributed by atoms with Crippen molar-refractivity contribution < 1.29 is 18.3 Å². The quantitative estimate of drug-likeness (QED) is 0.793. The van der Waals surface area contributed by atoms with Crippen molar-refractivity contribution in [3.05, 3.63) is 34.9 Å². The summed E-state index contributed by atoms with van der Waals surface area (Å²) >= 11 is 0. The van der Waals surface area contributed by atoms with Gasteiger partial charge in [0.15, 0.2) is 0 Å².